The van der Waals surface area contributed by atoms with Gasteiger partial charge in [-0.1, -0.05) is 11.6 Å². The molecule has 0 unspecified atom stereocenters. The Morgan fingerprint density at radius 3 is 2.63 bits per heavy atom. The lowest BCUT2D eigenvalue weighted by Crippen LogP contribution is -2.29. The summed E-state index contributed by atoms with van der Waals surface area (Å²) in [7, 11) is 1.38. The van der Waals surface area contributed by atoms with Crippen LogP contribution in [0.4, 0.5) is 0 Å². The Balaban J connectivity index is 1.94. The zero-order valence-corrected chi connectivity index (χ0v) is 16.6. The lowest BCUT2D eigenvalue weighted by molar-refractivity contribution is 0.0590. The van der Waals surface area contributed by atoms with Gasteiger partial charge in [0.25, 0.3) is 5.56 Å². The summed E-state index contributed by atoms with van der Waals surface area (Å²) in [6.45, 7) is 7.15. The molecule has 1 fully saturated rings. The Morgan fingerprint density at radius 1 is 1.22 bits per heavy atom. The van der Waals surface area contributed by atoms with Crippen LogP contribution >= 0.6 is 0 Å². The van der Waals surface area contributed by atoms with E-state index in [-0.39, 0.29) is 11.7 Å². The predicted molar refractivity (Wildman–Crippen MR) is 105 cm³/mol. The number of allylic oxidation sites excluding steroid dienone is 1. The average molecular weight is 374 g/mol. The van der Waals surface area contributed by atoms with E-state index in [1.165, 1.54) is 18.7 Å². The largest absolute Gasteiger partial charge is 0.489 e. The first kappa shape index (κ1) is 19.7. The second-order valence-corrected chi connectivity index (χ2v) is 7.67. The number of nitrogens with zero attached hydrogens (tertiary/aromatic N) is 2. The third-order valence-corrected chi connectivity index (χ3v) is 5.43. The van der Waals surface area contributed by atoms with E-state index in [1.54, 1.807) is 4.57 Å². The minimum Gasteiger partial charge on any atom is -0.489 e. The number of hydrogen-bond donors (Lipinski definition) is 0. The molecule has 0 saturated heterocycles. The summed E-state index contributed by atoms with van der Waals surface area (Å²) in [5.41, 5.74) is 2.33. The standard InChI is InChI=1S/C21H30N2O4/c1-15(2)8-10-22-11-9-17-20(21(25)26-3)18(27-16-6-4-5-7-16)14-19(24)23(17)13-12-22/h8,14,16H,4-7,9-13H2,1-3H3. The molecule has 0 radical (unpaired) electrons. The number of ether oxygens (including phenoxy) is 2. The van der Waals surface area contributed by atoms with Crippen molar-refractivity contribution in [2.45, 2.75) is 58.6 Å². The molecule has 1 aliphatic heterocycles. The van der Waals surface area contributed by atoms with Gasteiger partial charge in [-0.3, -0.25) is 9.69 Å². The number of hydrogen-bond acceptors (Lipinski definition) is 5. The van der Waals surface area contributed by atoms with E-state index in [0.29, 0.717) is 24.3 Å². The Morgan fingerprint density at radius 2 is 1.96 bits per heavy atom. The number of pyridine rings is 1. The van der Waals surface area contributed by atoms with Gasteiger partial charge in [0.05, 0.1) is 13.2 Å². The van der Waals surface area contributed by atoms with Crippen molar-refractivity contribution in [1.29, 1.82) is 0 Å². The molecule has 1 aromatic rings. The van der Waals surface area contributed by atoms with Crippen LogP contribution in [-0.4, -0.2) is 48.3 Å². The molecule has 1 aliphatic carbocycles. The van der Waals surface area contributed by atoms with Crippen LogP contribution in [0, 0.1) is 0 Å². The first-order chi connectivity index (χ1) is 13.0. The summed E-state index contributed by atoms with van der Waals surface area (Å²) >= 11 is 0. The molecule has 6 nitrogen and oxygen atoms in total. The molecular formula is C21H30N2O4. The van der Waals surface area contributed by atoms with Crippen molar-refractivity contribution in [1.82, 2.24) is 9.47 Å². The summed E-state index contributed by atoms with van der Waals surface area (Å²) in [6.07, 6.45) is 7.08. The zero-order valence-electron chi connectivity index (χ0n) is 16.6. The highest BCUT2D eigenvalue weighted by molar-refractivity contribution is 5.93. The van der Waals surface area contributed by atoms with Crippen molar-refractivity contribution in [3.63, 3.8) is 0 Å². The second-order valence-electron chi connectivity index (χ2n) is 7.67. The van der Waals surface area contributed by atoms with Gasteiger partial charge in [-0.25, -0.2) is 4.79 Å². The lowest BCUT2D eigenvalue weighted by atomic mass is 10.1. The predicted octanol–water partition coefficient (Wildman–Crippen LogP) is 2.78. The van der Waals surface area contributed by atoms with Crippen molar-refractivity contribution in [2.75, 3.05) is 26.7 Å². The highest BCUT2D eigenvalue weighted by atomic mass is 16.5. The smallest absolute Gasteiger partial charge is 0.343 e. The van der Waals surface area contributed by atoms with Crippen molar-refractivity contribution < 1.29 is 14.3 Å². The summed E-state index contributed by atoms with van der Waals surface area (Å²) < 4.78 is 12.8. The first-order valence-corrected chi connectivity index (χ1v) is 9.87. The minimum absolute atomic E-state index is 0.0794. The fraction of sp³-hybridized carbons (Fsp3) is 0.619. The number of carbonyl (C=O) groups is 1. The maximum absolute atomic E-state index is 12.7. The van der Waals surface area contributed by atoms with E-state index in [2.05, 4.69) is 24.8 Å². The van der Waals surface area contributed by atoms with Crippen LogP contribution in [0.15, 0.2) is 22.5 Å². The number of aromatic nitrogens is 1. The lowest BCUT2D eigenvalue weighted by Gasteiger charge is -2.20. The molecule has 0 bridgehead atoms. The molecule has 3 rings (SSSR count). The van der Waals surface area contributed by atoms with E-state index in [1.807, 2.05) is 0 Å². The van der Waals surface area contributed by atoms with E-state index in [9.17, 15) is 9.59 Å². The molecule has 2 aliphatic rings. The first-order valence-electron chi connectivity index (χ1n) is 9.87. The van der Waals surface area contributed by atoms with Crippen LogP contribution in [-0.2, 0) is 17.7 Å². The average Bonchev–Trinajstić information content (AvgIpc) is 3.05. The van der Waals surface area contributed by atoms with E-state index in [4.69, 9.17) is 9.47 Å². The Kier molecular flexibility index (Phi) is 6.37. The maximum Gasteiger partial charge on any atom is 0.343 e. The number of esters is 1. The van der Waals surface area contributed by atoms with Crippen molar-refractivity contribution in [2.24, 2.45) is 0 Å². The van der Waals surface area contributed by atoms with Gasteiger partial charge in [0, 0.05) is 44.4 Å². The van der Waals surface area contributed by atoms with E-state index in [0.717, 1.165) is 51.0 Å². The normalized spacial score (nSPS) is 17.9. The van der Waals surface area contributed by atoms with Crippen LogP contribution in [0.25, 0.3) is 0 Å². The summed E-state index contributed by atoms with van der Waals surface area (Å²) in [5.74, 6) is -0.0350. The van der Waals surface area contributed by atoms with Gasteiger partial charge in [0.15, 0.2) is 0 Å². The van der Waals surface area contributed by atoms with Gasteiger partial charge in [-0.05, 0) is 39.5 Å². The van der Waals surface area contributed by atoms with E-state index < -0.39 is 5.97 Å². The SMILES string of the molecule is COC(=O)c1c(OC2CCCC2)cc(=O)n2c1CCN(CC=C(C)C)CC2. The number of fused-ring (bicyclic) bond motifs is 1. The highest BCUT2D eigenvalue weighted by Gasteiger charge is 2.28. The monoisotopic (exact) mass is 374 g/mol. The molecule has 2 heterocycles. The third kappa shape index (κ3) is 4.61. The highest BCUT2D eigenvalue weighted by Crippen LogP contribution is 2.29. The van der Waals surface area contributed by atoms with Gasteiger partial charge >= 0.3 is 5.97 Å². The topological polar surface area (TPSA) is 60.8 Å². The summed E-state index contributed by atoms with van der Waals surface area (Å²) in [6, 6.07) is 1.47. The molecule has 27 heavy (non-hydrogen) atoms. The third-order valence-electron chi connectivity index (χ3n) is 5.43. The quantitative estimate of drug-likeness (QED) is 0.586. The van der Waals surface area contributed by atoms with Crippen molar-refractivity contribution >= 4 is 5.97 Å². The van der Waals surface area contributed by atoms with Crippen LogP contribution in [0.1, 0.15) is 55.6 Å². The molecule has 0 N–H and O–H groups in total. The minimum atomic E-state index is -0.426. The molecule has 1 saturated carbocycles. The number of methoxy groups -OCH3 is 1. The molecular weight excluding hydrogens is 344 g/mol. The molecule has 1 aromatic heterocycles. The Bertz CT molecular complexity index is 771. The van der Waals surface area contributed by atoms with Crippen LogP contribution < -0.4 is 10.3 Å². The van der Waals surface area contributed by atoms with Gasteiger partial charge in [0.1, 0.15) is 11.3 Å². The van der Waals surface area contributed by atoms with E-state index >= 15 is 0 Å². The fourth-order valence-corrected chi connectivity index (χ4v) is 3.89. The number of carbonyl (C=O) groups excluding carboxylic acids is 1. The molecule has 0 atom stereocenters. The molecule has 0 spiro atoms. The molecule has 6 heteroatoms. The van der Waals surface area contributed by atoms with Crippen LogP contribution in [0.3, 0.4) is 0 Å². The zero-order chi connectivity index (χ0) is 19.4. The van der Waals surface area contributed by atoms with Crippen LogP contribution in [0.2, 0.25) is 0 Å². The number of rotatable bonds is 5. The molecule has 148 valence electrons. The Hall–Kier alpha value is -2.08. The van der Waals surface area contributed by atoms with Gasteiger partial charge in [0.2, 0.25) is 0 Å². The van der Waals surface area contributed by atoms with Gasteiger partial charge < -0.3 is 14.0 Å². The molecule has 0 amide bonds. The van der Waals surface area contributed by atoms with Gasteiger partial charge in [-0.15, -0.1) is 0 Å². The van der Waals surface area contributed by atoms with Crippen molar-refractivity contribution in [3.05, 3.63) is 39.3 Å². The molecule has 0 aromatic carbocycles. The Labute approximate surface area is 160 Å². The van der Waals surface area contributed by atoms with Gasteiger partial charge in [-0.2, -0.15) is 0 Å². The van der Waals surface area contributed by atoms with Crippen molar-refractivity contribution in [3.8, 4) is 5.75 Å². The maximum atomic E-state index is 12.7. The fourth-order valence-electron chi connectivity index (χ4n) is 3.89. The second kappa shape index (κ2) is 8.74. The van der Waals surface area contributed by atoms with Crippen LogP contribution in [0.5, 0.6) is 5.75 Å². The summed E-state index contributed by atoms with van der Waals surface area (Å²) in [4.78, 5) is 27.6. The summed E-state index contributed by atoms with van der Waals surface area (Å²) in [5, 5.41) is 0.